The summed E-state index contributed by atoms with van der Waals surface area (Å²) < 4.78 is 23.6. The number of halogens is 1. The number of thioether (sulfide) groups is 1. The summed E-state index contributed by atoms with van der Waals surface area (Å²) in [6.45, 7) is 0. The number of anilines is 1. The van der Waals surface area contributed by atoms with Crippen molar-refractivity contribution in [1.82, 2.24) is 9.97 Å². The highest BCUT2D eigenvalue weighted by Crippen LogP contribution is 2.33. The number of hydrogen-bond acceptors (Lipinski definition) is 5. The van der Waals surface area contributed by atoms with Gasteiger partial charge in [0, 0.05) is 17.4 Å². The number of nitrogens with one attached hydrogen (secondary N) is 2. The first-order valence-electron chi connectivity index (χ1n) is 9.94. The monoisotopic (exact) mass is 497 g/mol. The predicted octanol–water partition coefficient (Wildman–Crippen LogP) is 5.53. The highest BCUT2D eigenvalue weighted by Gasteiger charge is 2.16. The third-order valence-electron chi connectivity index (χ3n) is 4.77. The van der Waals surface area contributed by atoms with Gasteiger partial charge in [0.25, 0.3) is 0 Å². The van der Waals surface area contributed by atoms with Crippen molar-refractivity contribution in [2.75, 3.05) is 17.3 Å². The van der Waals surface area contributed by atoms with Crippen LogP contribution in [-0.4, -0.2) is 36.3 Å². The maximum atomic E-state index is 12.5. The second-order valence-corrected chi connectivity index (χ2v) is 10.6. The molecule has 4 aromatic rings. The van der Waals surface area contributed by atoms with Crippen molar-refractivity contribution in [1.29, 1.82) is 0 Å². The van der Waals surface area contributed by atoms with E-state index in [1.807, 2.05) is 60.7 Å². The number of carbonyl (C=O) groups excluding carboxylic acids is 1. The Kier molecular flexibility index (Phi) is 6.88. The minimum atomic E-state index is -3.42. The SMILES string of the molecule is CS(=O)(=O)c1ccc(Cl)c(NC(=O)CSc2nc(-c3ccccc3)c(-c3ccccc3)[nH]2)c1. The van der Waals surface area contributed by atoms with Crippen LogP contribution in [0.2, 0.25) is 5.02 Å². The van der Waals surface area contributed by atoms with Crippen molar-refractivity contribution >= 4 is 44.8 Å². The maximum Gasteiger partial charge on any atom is 0.234 e. The molecule has 0 unspecified atom stereocenters. The van der Waals surface area contributed by atoms with Crippen LogP contribution in [0.1, 0.15) is 0 Å². The number of benzene rings is 3. The normalized spacial score (nSPS) is 11.3. The van der Waals surface area contributed by atoms with E-state index in [1.54, 1.807) is 0 Å². The Morgan fingerprint density at radius 2 is 1.64 bits per heavy atom. The van der Waals surface area contributed by atoms with Crippen molar-refractivity contribution in [2.45, 2.75) is 10.1 Å². The van der Waals surface area contributed by atoms with Gasteiger partial charge in [0.15, 0.2) is 15.0 Å². The van der Waals surface area contributed by atoms with Gasteiger partial charge in [-0.05, 0) is 18.2 Å². The number of nitrogens with zero attached hydrogens (tertiary/aromatic N) is 1. The lowest BCUT2D eigenvalue weighted by atomic mass is 10.1. The summed E-state index contributed by atoms with van der Waals surface area (Å²) in [4.78, 5) is 20.7. The first-order valence-corrected chi connectivity index (χ1v) is 13.2. The first kappa shape index (κ1) is 23.1. The molecule has 0 aliphatic carbocycles. The van der Waals surface area contributed by atoms with Crippen molar-refractivity contribution < 1.29 is 13.2 Å². The smallest absolute Gasteiger partial charge is 0.234 e. The van der Waals surface area contributed by atoms with Crippen molar-refractivity contribution in [3.05, 3.63) is 83.9 Å². The number of imidazole rings is 1. The van der Waals surface area contributed by atoms with E-state index in [9.17, 15) is 13.2 Å². The van der Waals surface area contributed by atoms with Crippen LogP contribution in [0, 0.1) is 0 Å². The van der Waals surface area contributed by atoms with Crippen LogP contribution < -0.4 is 5.32 Å². The van der Waals surface area contributed by atoms with Gasteiger partial charge in [-0.2, -0.15) is 0 Å². The number of rotatable bonds is 7. The van der Waals surface area contributed by atoms with Gasteiger partial charge in [0.2, 0.25) is 5.91 Å². The van der Waals surface area contributed by atoms with Crippen molar-refractivity contribution in [3.63, 3.8) is 0 Å². The molecule has 0 atom stereocenters. The van der Waals surface area contributed by atoms with E-state index in [1.165, 1.54) is 30.0 Å². The number of H-pyrrole nitrogens is 1. The fraction of sp³-hybridized carbons (Fsp3) is 0.0833. The Balaban J connectivity index is 1.53. The number of aromatic nitrogens is 2. The topological polar surface area (TPSA) is 91.9 Å². The molecular formula is C24H20ClN3O3S2. The van der Waals surface area contributed by atoms with Gasteiger partial charge in [-0.15, -0.1) is 0 Å². The zero-order valence-electron chi connectivity index (χ0n) is 17.6. The lowest BCUT2D eigenvalue weighted by molar-refractivity contribution is -0.113. The van der Waals surface area contributed by atoms with Crippen molar-refractivity contribution in [2.24, 2.45) is 0 Å². The Morgan fingerprint density at radius 1 is 1.00 bits per heavy atom. The molecule has 2 N–H and O–H groups in total. The summed E-state index contributed by atoms with van der Waals surface area (Å²) in [7, 11) is -3.42. The zero-order chi connectivity index (χ0) is 23.4. The van der Waals surface area contributed by atoms with Crippen LogP contribution in [0.3, 0.4) is 0 Å². The Labute approximate surface area is 201 Å². The van der Waals surface area contributed by atoms with Crippen molar-refractivity contribution in [3.8, 4) is 22.5 Å². The number of amides is 1. The molecule has 0 radical (unpaired) electrons. The molecule has 1 heterocycles. The second-order valence-electron chi connectivity index (χ2n) is 7.25. The standard InChI is InChI=1S/C24H20ClN3O3S2/c1-33(30,31)18-12-13-19(25)20(14-18)26-21(29)15-32-24-27-22(16-8-4-2-5-9-16)23(28-24)17-10-6-3-7-11-17/h2-14H,15H2,1H3,(H,26,29)(H,27,28). The molecule has 0 saturated heterocycles. The van der Waals surface area contributed by atoms with Gasteiger partial charge < -0.3 is 10.3 Å². The van der Waals surface area contributed by atoms with Gasteiger partial charge >= 0.3 is 0 Å². The van der Waals surface area contributed by atoms with E-state index in [2.05, 4.69) is 10.3 Å². The van der Waals surface area contributed by atoms with Gasteiger partial charge in [0.05, 0.1) is 32.7 Å². The summed E-state index contributed by atoms with van der Waals surface area (Å²) in [6.07, 6.45) is 1.10. The molecule has 0 saturated carbocycles. The fourth-order valence-electron chi connectivity index (χ4n) is 3.19. The molecule has 0 bridgehead atoms. The first-order chi connectivity index (χ1) is 15.8. The highest BCUT2D eigenvalue weighted by molar-refractivity contribution is 7.99. The lowest BCUT2D eigenvalue weighted by Gasteiger charge is -2.08. The summed E-state index contributed by atoms with van der Waals surface area (Å²) in [5.41, 5.74) is 3.87. The van der Waals surface area contributed by atoms with Crippen LogP contribution >= 0.6 is 23.4 Å². The maximum absolute atomic E-state index is 12.5. The molecule has 0 aliphatic rings. The summed E-state index contributed by atoms with van der Waals surface area (Å²) >= 11 is 7.38. The van der Waals surface area contributed by atoms with Crippen LogP contribution in [0.4, 0.5) is 5.69 Å². The van der Waals surface area contributed by atoms with Gasteiger partial charge in [0.1, 0.15) is 0 Å². The average molecular weight is 498 g/mol. The van der Waals surface area contributed by atoms with Crippen LogP contribution in [0.5, 0.6) is 0 Å². The Morgan fingerprint density at radius 3 is 2.27 bits per heavy atom. The Hall–Kier alpha value is -3.07. The van der Waals surface area contributed by atoms with Gasteiger partial charge in [-0.3, -0.25) is 4.79 Å². The molecule has 0 fully saturated rings. The average Bonchev–Trinajstić information content (AvgIpc) is 3.24. The summed E-state index contributed by atoms with van der Waals surface area (Å²) in [5.74, 6) is -0.262. The molecule has 0 aliphatic heterocycles. The van der Waals surface area contributed by atoms with E-state index in [-0.39, 0.29) is 27.3 Å². The minimum absolute atomic E-state index is 0.0649. The minimum Gasteiger partial charge on any atom is -0.332 e. The third-order valence-corrected chi connectivity index (χ3v) is 7.08. The summed E-state index contributed by atoms with van der Waals surface area (Å²) in [6, 6.07) is 23.9. The Bertz CT molecular complexity index is 1330. The molecule has 1 aromatic heterocycles. The number of hydrogen-bond donors (Lipinski definition) is 2. The largest absolute Gasteiger partial charge is 0.332 e. The molecule has 6 nitrogen and oxygen atoms in total. The second kappa shape index (κ2) is 9.82. The quantitative estimate of drug-likeness (QED) is 0.327. The molecule has 0 spiro atoms. The van der Waals surface area contributed by atoms with E-state index in [4.69, 9.17) is 16.6 Å². The molecule has 9 heteroatoms. The molecular weight excluding hydrogens is 478 g/mol. The van der Waals surface area contributed by atoms with E-state index >= 15 is 0 Å². The van der Waals surface area contributed by atoms with E-state index < -0.39 is 9.84 Å². The van der Waals surface area contributed by atoms with Crippen LogP contribution in [0.15, 0.2) is 88.9 Å². The fourth-order valence-corrected chi connectivity index (χ4v) is 4.67. The number of aromatic amines is 1. The highest BCUT2D eigenvalue weighted by atomic mass is 35.5. The molecule has 3 aromatic carbocycles. The van der Waals surface area contributed by atoms with Gasteiger partial charge in [-0.1, -0.05) is 84.0 Å². The molecule has 1 amide bonds. The number of sulfone groups is 1. The van der Waals surface area contributed by atoms with E-state index in [0.29, 0.717) is 5.16 Å². The lowest BCUT2D eigenvalue weighted by Crippen LogP contribution is -2.15. The van der Waals surface area contributed by atoms with Crippen LogP contribution in [0.25, 0.3) is 22.5 Å². The predicted molar refractivity (Wildman–Crippen MR) is 133 cm³/mol. The summed E-state index contributed by atoms with van der Waals surface area (Å²) in [5, 5.41) is 3.54. The molecule has 168 valence electrons. The van der Waals surface area contributed by atoms with Gasteiger partial charge in [-0.25, -0.2) is 13.4 Å². The number of carbonyl (C=O) groups is 1. The van der Waals surface area contributed by atoms with Crippen LogP contribution in [-0.2, 0) is 14.6 Å². The zero-order valence-corrected chi connectivity index (χ0v) is 20.0. The molecule has 33 heavy (non-hydrogen) atoms. The third kappa shape index (κ3) is 5.65. The molecule has 4 rings (SSSR count). The van der Waals surface area contributed by atoms with E-state index in [0.717, 1.165) is 28.8 Å².